The van der Waals surface area contributed by atoms with Gasteiger partial charge in [0.15, 0.2) is 0 Å². The summed E-state index contributed by atoms with van der Waals surface area (Å²) >= 11 is 3.03. The highest BCUT2D eigenvalue weighted by molar-refractivity contribution is 8.37. The zero-order valence-corrected chi connectivity index (χ0v) is 5.50. The number of hydrogen-bond acceptors (Lipinski definition) is 4. The van der Waals surface area contributed by atoms with E-state index < -0.39 is 4.92 Å². The Kier molecular flexibility index (Phi) is 1.80. The number of hydrogen-bond donors (Lipinski definition) is 0. The van der Waals surface area contributed by atoms with E-state index in [1.165, 1.54) is 23.5 Å². The van der Waals surface area contributed by atoms with Crippen LogP contribution in [0, 0.1) is 10.1 Å². The Labute approximate surface area is 54.7 Å². The van der Waals surface area contributed by atoms with Crippen LogP contribution in [0.25, 0.3) is 0 Å². The van der Waals surface area contributed by atoms with Gasteiger partial charge in [0.05, 0.1) is 10.0 Å². The summed E-state index contributed by atoms with van der Waals surface area (Å²) in [7, 11) is 0. The molecule has 0 aliphatic carbocycles. The molecule has 1 rings (SSSR count). The Bertz CT molecular complexity index is 138. The van der Waals surface area contributed by atoms with Gasteiger partial charge in [0.1, 0.15) is 4.24 Å². The van der Waals surface area contributed by atoms with Gasteiger partial charge in [-0.15, -0.1) is 23.5 Å². The molecule has 0 saturated carbocycles. The van der Waals surface area contributed by atoms with Crippen LogP contribution in [0.15, 0.2) is 10.4 Å². The van der Waals surface area contributed by atoms with E-state index in [1.54, 1.807) is 0 Å². The van der Waals surface area contributed by atoms with Crippen LogP contribution in [0.5, 0.6) is 0 Å². The van der Waals surface area contributed by atoms with Crippen LogP contribution in [0.2, 0.25) is 0 Å². The molecule has 1 heterocycles. The smallest absolute Gasteiger partial charge is 0.254 e. The first-order valence-electron chi connectivity index (χ1n) is 1.90. The summed E-state index contributed by atoms with van der Waals surface area (Å²) in [5, 5.41) is 10.7. The Hall–Kier alpha value is -0.160. The molecule has 3 nitrogen and oxygen atoms in total. The Balaban J connectivity index is 2.42. The number of thioether (sulfide) groups is 2. The lowest BCUT2D eigenvalue weighted by atomic mass is 11.1. The Morgan fingerprint density at radius 2 is 2.38 bits per heavy atom. The normalized spacial score (nSPS) is 17.2. The van der Waals surface area contributed by atoms with Gasteiger partial charge in [0, 0.05) is 0 Å². The zero-order valence-electron chi connectivity index (χ0n) is 3.86. The summed E-state index contributed by atoms with van der Waals surface area (Å²) < 4.78 is 0.815. The fourth-order valence-corrected chi connectivity index (χ4v) is 1.62. The minimum Gasteiger partial charge on any atom is -0.259 e. The van der Waals surface area contributed by atoms with Crippen LogP contribution in [0.1, 0.15) is 0 Å². The molecular weight excluding hydrogens is 146 g/mol. The van der Waals surface area contributed by atoms with E-state index in [0.29, 0.717) is 0 Å². The van der Waals surface area contributed by atoms with Crippen LogP contribution in [0.4, 0.5) is 0 Å². The van der Waals surface area contributed by atoms with E-state index in [-0.39, 0.29) is 0 Å². The average Bonchev–Trinajstić information content (AvgIpc) is 1.55. The Morgan fingerprint density at radius 3 is 2.50 bits per heavy atom. The SMILES string of the molecule is O=[N+]([O-])C=C1SCS1. The maximum absolute atomic E-state index is 9.70. The average molecular weight is 149 g/mol. The molecule has 0 bridgehead atoms. The third-order valence-electron chi connectivity index (χ3n) is 0.613. The summed E-state index contributed by atoms with van der Waals surface area (Å²) in [5.74, 6) is 0. The molecule has 1 saturated heterocycles. The molecule has 1 aliphatic rings. The molecule has 0 amide bonds. The fourth-order valence-electron chi connectivity index (χ4n) is 0.288. The van der Waals surface area contributed by atoms with Gasteiger partial charge in [-0.05, 0) is 0 Å². The first-order valence-corrected chi connectivity index (χ1v) is 3.87. The van der Waals surface area contributed by atoms with Crippen molar-refractivity contribution in [1.29, 1.82) is 0 Å². The summed E-state index contributed by atoms with van der Waals surface area (Å²) in [6.45, 7) is 0. The van der Waals surface area contributed by atoms with Crippen molar-refractivity contribution in [2.75, 3.05) is 5.08 Å². The van der Waals surface area contributed by atoms with Crippen LogP contribution >= 0.6 is 23.5 Å². The largest absolute Gasteiger partial charge is 0.259 e. The topological polar surface area (TPSA) is 43.1 Å². The molecule has 0 atom stereocenters. The quantitative estimate of drug-likeness (QED) is 0.418. The molecule has 1 fully saturated rings. The van der Waals surface area contributed by atoms with Crippen molar-refractivity contribution in [3.63, 3.8) is 0 Å². The monoisotopic (exact) mass is 149 g/mol. The van der Waals surface area contributed by atoms with E-state index in [1.807, 2.05) is 0 Å². The van der Waals surface area contributed by atoms with Gasteiger partial charge in [-0.25, -0.2) is 0 Å². The second kappa shape index (κ2) is 2.41. The molecule has 1 aliphatic heterocycles. The molecule has 0 aromatic heterocycles. The molecule has 0 spiro atoms. The second-order valence-corrected chi connectivity index (χ2v) is 3.80. The first kappa shape index (κ1) is 5.97. The highest BCUT2D eigenvalue weighted by Crippen LogP contribution is 2.42. The maximum Gasteiger partial charge on any atom is 0.254 e. The van der Waals surface area contributed by atoms with Gasteiger partial charge >= 0.3 is 0 Å². The van der Waals surface area contributed by atoms with Crippen molar-refractivity contribution in [1.82, 2.24) is 0 Å². The van der Waals surface area contributed by atoms with E-state index in [2.05, 4.69) is 0 Å². The third kappa shape index (κ3) is 1.41. The summed E-state index contributed by atoms with van der Waals surface area (Å²) in [6, 6.07) is 0. The minimum absolute atomic E-state index is 0.422. The fraction of sp³-hybridized carbons (Fsp3) is 0.333. The maximum atomic E-state index is 9.70. The number of nitrogens with zero attached hydrogens (tertiary/aromatic N) is 1. The predicted molar refractivity (Wildman–Crippen MR) is 35.1 cm³/mol. The standard InChI is InChI=1S/C3H3NO2S2/c5-4(6)1-3-7-2-8-3/h1H,2H2. The molecule has 0 unspecified atom stereocenters. The summed E-state index contributed by atoms with van der Waals surface area (Å²) in [5.41, 5.74) is 0. The predicted octanol–water partition coefficient (Wildman–Crippen LogP) is 1.50. The van der Waals surface area contributed by atoms with E-state index in [4.69, 9.17) is 0 Å². The molecule has 0 aromatic rings. The molecule has 44 valence electrons. The van der Waals surface area contributed by atoms with Gasteiger partial charge in [-0.3, -0.25) is 10.1 Å². The van der Waals surface area contributed by atoms with Crippen LogP contribution in [-0.4, -0.2) is 10.0 Å². The van der Waals surface area contributed by atoms with E-state index in [9.17, 15) is 10.1 Å². The zero-order chi connectivity index (χ0) is 5.98. The third-order valence-corrected chi connectivity index (χ3v) is 3.04. The van der Waals surface area contributed by atoms with Crippen molar-refractivity contribution in [3.8, 4) is 0 Å². The van der Waals surface area contributed by atoms with Crippen LogP contribution in [-0.2, 0) is 0 Å². The number of nitro groups is 1. The molecule has 0 aromatic carbocycles. The lowest BCUT2D eigenvalue weighted by molar-refractivity contribution is -0.402. The van der Waals surface area contributed by atoms with Gasteiger partial charge in [0.25, 0.3) is 6.20 Å². The van der Waals surface area contributed by atoms with Crippen LogP contribution < -0.4 is 0 Å². The van der Waals surface area contributed by atoms with Crippen molar-refractivity contribution >= 4 is 23.5 Å². The van der Waals surface area contributed by atoms with Gasteiger partial charge in [-0.2, -0.15) is 0 Å². The lowest BCUT2D eigenvalue weighted by Crippen LogP contribution is -1.91. The lowest BCUT2D eigenvalue weighted by Gasteiger charge is -2.09. The van der Waals surface area contributed by atoms with Gasteiger partial charge < -0.3 is 0 Å². The van der Waals surface area contributed by atoms with Crippen molar-refractivity contribution in [2.45, 2.75) is 0 Å². The van der Waals surface area contributed by atoms with E-state index in [0.717, 1.165) is 15.5 Å². The molecule has 5 heteroatoms. The van der Waals surface area contributed by atoms with E-state index >= 15 is 0 Å². The van der Waals surface area contributed by atoms with Gasteiger partial charge in [0.2, 0.25) is 0 Å². The highest BCUT2D eigenvalue weighted by Gasteiger charge is 2.13. The van der Waals surface area contributed by atoms with Crippen molar-refractivity contribution in [3.05, 3.63) is 20.6 Å². The van der Waals surface area contributed by atoms with Crippen LogP contribution in [0.3, 0.4) is 0 Å². The van der Waals surface area contributed by atoms with Crippen molar-refractivity contribution < 1.29 is 4.92 Å². The molecule has 0 N–H and O–H groups in total. The molecule has 0 radical (unpaired) electrons. The van der Waals surface area contributed by atoms with Crippen molar-refractivity contribution in [2.24, 2.45) is 0 Å². The highest BCUT2D eigenvalue weighted by atomic mass is 32.3. The molecular formula is C3H3NO2S2. The van der Waals surface area contributed by atoms with Gasteiger partial charge in [-0.1, -0.05) is 0 Å². The first-order chi connectivity index (χ1) is 3.79. The summed E-state index contributed by atoms with van der Waals surface area (Å²) in [6.07, 6.45) is 1.04. The second-order valence-electron chi connectivity index (χ2n) is 1.14. The minimum atomic E-state index is -0.422. The summed E-state index contributed by atoms with van der Waals surface area (Å²) in [4.78, 5) is 9.28. The molecule has 8 heavy (non-hydrogen) atoms. The number of rotatable bonds is 1. The Morgan fingerprint density at radius 1 is 1.75 bits per heavy atom.